The second kappa shape index (κ2) is 4.37. The van der Waals surface area contributed by atoms with Crippen molar-refractivity contribution in [2.45, 2.75) is 20.1 Å². The molecule has 0 saturated carbocycles. The molecule has 15 heavy (non-hydrogen) atoms. The minimum Gasteiger partial charge on any atom is -0.380 e. The molecular weight excluding hydrogens is 254 g/mol. The van der Waals surface area contributed by atoms with E-state index in [0.717, 1.165) is 11.0 Å². The molecule has 0 saturated heterocycles. The highest BCUT2D eigenvalue weighted by molar-refractivity contribution is 9.10. The largest absolute Gasteiger partial charge is 0.380 e. The highest BCUT2D eigenvalue weighted by Gasteiger charge is 2.09. The zero-order valence-electron chi connectivity index (χ0n) is 8.96. The van der Waals surface area contributed by atoms with E-state index in [-0.39, 0.29) is 0 Å². The molecular formula is C12H14BrNO. The molecule has 0 unspecified atom stereocenters. The highest BCUT2D eigenvalue weighted by Crippen LogP contribution is 2.29. The van der Waals surface area contributed by atoms with Crippen LogP contribution in [0, 0.1) is 0 Å². The summed E-state index contributed by atoms with van der Waals surface area (Å²) in [6.07, 6.45) is 2.17. The van der Waals surface area contributed by atoms with Gasteiger partial charge in [-0.2, -0.15) is 0 Å². The molecule has 1 aromatic heterocycles. The summed E-state index contributed by atoms with van der Waals surface area (Å²) in [4.78, 5) is 0. The second-order valence-corrected chi connectivity index (χ2v) is 4.36. The van der Waals surface area contributed by atoms with Gasteiger partial charge in [0.1, 0.15) is 0 Å². The average molecular weight is 268 g/mol. The molecule has 0 aliphatic heterocycles. The van der Waals surface area contributed by atoms with Crippen LogP contribution in [0.2, 0.25) is 0 Å². The first-order chi connectivity index (χ1) is 7.27. The van der Waals surface area contributed by atoms with Gasteiger partial charge in [0.15, 0.2) is 0 Å². The first-order valence-corrected chi connectivity index (χ1v) is 5.82. The van der Waals surface area contributed by atoms with Gasteiger partial charge in [0.2, 0.25) is 0 Å². The van der Waals surface area contributed by atoms with Crippen LogP contribution in [0.5, 0.6) is 0 Å². The number of hydrogen-bond acceptors (Lipinski definition) is 1. The van der Waals surface area contributed by atoms with Crippen molar-refractivity contribution < 1.29 is 4.74 Å². The maximum atomic E-state index is 5.21. The lowest BCUT2D eigenvalue weighted by molar-refractivity contribution is 0.186. The van der Waals surface area contributed by atoms with E-state index in [2.05, 4.69) is 51.8 Å². The van der Waals surface area contributed by atoms with Crippen molar-refractivity contribution in [1.29, 1.82) is 0 Å². The Balaban J connectivity index is 2.70. The number of benzene rings is 1. The lowest BCUT2D eigenvalue weighted by Gasteiger charge is -2.00. The molecule has 1 aromatic carbocycles. The van der Waals surface area contributed by atoms with Crippen LogP contribution in [0.1, 0.15) is 12.5 Å². The number of ether oxygens (including phenoxy) is 1. The quantitative estimate of drug-likeness (QED) is 0.830. The molecule has 3 heteroatoms. The third-order valence-electron chi connectivity index (χ3n) is 2.57. The molecule has 0 aliphatic rings. The van der Waals surface area contributed by atoms with Crippen molar-refractivity contribution in [2.75, 3.05) is 7.11 Å². The molecule has 0 amide bonds. The Morgan fingerprint density at radius 1 is 1.40 bits per heavy atom. The van der Waals surface area contributed by atoms with Crippen LogP contribution in [-0.4, -0.2) is 11.7 Å². The van der Waals surface area contributed by atoms with Crippen LogP contribution in [0.25, 0.3) is 10.9 Å². The molecule has 0 aliphatic carbocycles. The molecule has 80 valence electrons. The number of hydrogen-bond donors (Lipinski definition) is 0. The predicted molar refractivity (Wildman–Crippen MR) is 66.0 cm³/mol. The Labute approximate surface area is 98.0 Å². The van der Waals surface area contributed by atoms with Crippen molar-refractivity contribution in [1.82, 2.24) is 4.57 Å². The van der Waals surface area contributed by atoms with Crippen LogP contribution >= 0.6 is 15.9 Å². The number of fused-ring (bicyclic) bond motifs is 1. The van der Waals surface area contributed by atoms with Crippen molar-refractivity contribution in [3.8, 4) is 0 Å². The van der Waals surface area contributed by atoms with Gasteiger partial charge in [-0.25, -0.2) is 0 Å². The Morgan fingerprint density at radius 3 is 2.87 bits per heavy atom. The molecule has 0 bridgehead atoms. The fraction of sp³-hybridized carbons (Fsp3) is 0.333. The van der Waals surface area contributed by atoms with E-state index >= 15 is 0 Å². The van der Waals surface area contributed by atoms with Gasteiger partial charge < -0.3 is 9.30 Å². The summed E-state index contributed by atoms with van der Waals surface area (Å²) in [5, 5.41) is 1.27. The average Bonchev–Trinajstić information content (AvgIpc) is 2.59. The topological polar surface area (TPSA) is 14.2 Å². The van der Waals surface area contributed by atoms with Gasteiger partial charge in [0.25, 0.3) is 0 Å². The van der Waals surface area contributed by atoms with Gasteiger partial charge in [-0.15, -0.1) is 0 Å². The minimum absolute atomic E-state index is 0.659. The van der Waals surface area contributed by atoms with Crippen molar-refractivity contribution in [3.05, 3.63) is 34.4 Å². The predicted octanol–water partition coefficient (Wildman–Crippen LogP) is 3.57. The third kappa shape index (κ3) is 1.82. The standard InChI is InChI=1S/C12H14BrNO/c1-3-14-7-9(8-15-2)12-10(13)5-4-6-11(12)14/h4-7H,3,8H2,1-2H3. The fourth-order valence-electron chi connectivity index (χ4n) is 1.92. The fourth-order valence-corrected chi connectivity index (χ4v) is 2.53. The van der Waals surface area contributed by atoms with E-state index in [4.69, 9.17) is 4.74 Å². The van der Waals surface area contributed by atoms with Crippen LogP contribution in [0.3, 0.4) is 0 Å². The number of aromatic nitrogens is 1. The van der Waals surface area contributed by atoms with Crippen molar-refractivity contribution in [3.63, 3.8) is 0 Å². The van der Waals surface area contributed by atoms with E-state index in [0.29, 0.717) is 6.61 Å². The maximum Gasteiger partial charge on any atom is 0.0734 e. The van der Waals surface area contributed by atoms with Gasteiger partial charge in [-0.3, -0.25) is 0 Å². The smallest absolute Gasteiger partial charge is 0.0734 e. The third-order valence-corrected chi connectivity index (χ3v) is 3.24. The first-order valence-electron chi connectivity index (χ1n) is 5.03. The lowest BCUT2D eigenvalue weighted by atomic mass is 10.2. The van der Waals surface area contributed by atoms with E-state index < -0.39 is 0 Å². The van der Waals surface area contributed by atoms with E-state index in [1.54, 1.807) is 7.11 Å². The number of nitrogens with zero attached hydrogens (tertiary/aromatic N) is 1. The summed E-state index contributed by atoms with van der Waals surface area (Å²) in [5.74, 6) is 0. The Morgan fingerprint density at radius 2 is 2.20 bits per heavy atom. The summed E-state index contributed by atoms with van der Waals surface area (Å²) in [6.45, 7) is 3.79. The molecule has 1 heterocycles. The zero-order chi connectivity index (χ0) is 10.8. The molecule has 0 spiro atoms. The normalized spacial score (nSPS) is 11.1. The van der Waals surface area contributed by atoms with E-state index in [9.17, 15) is 0 Å². The molecule has 2 aromatic rings. The summed E-state index contributed by atoms with van der Waals surface area (Å²) in [7, 11) is 1.73. The summed E-state index contributed by atoms with van der Waals surface area (Å²) in [6, 6.07) is 6.28. The summed E-state index contributed by atoms with van der Waals surface area (Å²) < 4.78 is 8.60. The molecule has 0 radical (unpaired) electrons. The van der Waals surface area contributed by atoms with Crippen LogP contribution in [0.4, 0.5) is 0 Å². The zero-order valence-corrected chi connectivity index (χ0v) is 10.5. The SMILES string of the molecule is CCn1cc(COC)c2c(Br)cccc21. The lowest BCUT2D eigenvalue weighted by Crippen LogP contribution is -1.90. The van der Waals surface area contributed by atoms with Crippen LogP contribution in [-0.2, 0) is 17.9 Å². The van der Waals surface area contributed by atoms with Gasteiger partial charge in [-0.1, -0.05) is 22.0 Å². The summed E-state index contributed by atoms with van der Waals surface area (Å²) in [5.41, 5.74) is 2.50. The summed E-state index contributed by atoms with van der Waals surface area (Å²) >= 11 is 3.59. The Hall–Kier alpha value is -0.800. The number of halogens is 1. The molecule has 0 atom stereocenters. The Kier molecular flexibility index (Phi) is 3.12. The maximum absolute atomic E-state index is 5.21. The number of aryl methyl sites for hydroxylation is 1. The van der Waals surface area contributed by atoms with Gasteiger partial charge in [0.05, 0.1) is 6.61 Å². The molecule has 2 rings (SSSR count). The number of methoxy groups -OCH3 is 1. The van der Waals surface area contributed by atoms with Gasteiger partial charge in [0, 0.05) is 40.8 Å². The van der Waals surface area contributed by atoms with E-state index in [1.165, 1.54) is 16.5 Å². The number of rotatable bonds is 3. The van der Waals surface area contributed by atoms with Crippen LogP contribution in [0.15, 0.2) is 28.9 Å². The van der Waals surface area contributed by atoms with Crippen molar-refractivity contribution in [2.24, 2.45) is 0 Å². The van der Waals surface area contributed by atoms with Crippen LogP contribution < -0.4 is 0 Å². The molecule has 0 fully saturated rings. The van der Waals surface area contributed by atoms with Crippen molar-refractivity contribution >= 4 is 26.8 Å². The van der Waals surface area contributed by atoms with E-state index in [1.807, 2.05) is 0 Å². The minimum atomic E-state index is 0.659. The van der Waals surface area contributed by atoms with Gasteiger partial charge >= 0.3 is 0 Å². The Bertz CT molecular complexity index is 476. The van der Waals surface area contributed by atoms with Gasteiger partial charge in [-0.05, 0) is 19.1 Å². The second-order valence-electron chi connectivity index (χ2n) is 3.51. The monoisotopic (exact) mass is 267 g/mol. The first kappa shape index (κ1) is 10.7. The molecule has 0 N–H and O–H groups in total. The molecule has 2 nitrogen and oxygen atoms in total. The highest BCUT2D eigenvalue weighted by atomic mass is 79.9.